The number of nitrogens with zero attached hydrogens (tertiary/aromatic N) is 2. The van der Waals surface area contributed by atoms with Gasteiger partial charge in [-0.05, 0) is 24.6 Å². The SMILES string of the molecule is CCCSc1nc(=O)c2c(n1C)NC(=O)CC2c1cc(OC)ccc1OC. The molecule has 1 aromatic carbocycles. The van der Waals surface area contributed by atoms with E-state index in [1.807, 2.05) is 13.1 Å². The third-order valence-electron chi connectivity index (χ3n) is 4.55. The van der Waals surface area contributed by atoms with E-state index < -0.39 is 5.92 Å². The number of carbonyl (C=O) groups is 1. The molecular formula is C19H23N3O4S. The van der Waals surface area contributed by atoms with Crippen molar-refractivity contribution in [3.8, 4) is 11.5 Å². The van der Waals surface area contributed by atoms with Crippen LogP contribution in [0.25, 0.3) is 0 Å². The summed E-state index contributed by atoms with van der Waals surface area (Å²) in [5.74, 6) is 1.99. The van der Waals surface area contributed by atoms with E-state index in [2.05, 4.69) is 17.2 Å². The maximum absolute atomic E-state index is 12.9. The molecule has 1 N–H and O–H groups in total. The van der Waals surface area contributed by atoms with Crippen molar-refractivity contribution in [3.05, 3.63) is 39.7 Å². The first-order valence-electron chi connectivity index (χ1n) is 8.75. The van der Waals surface area contributed by atoms with E-state index in [-0.39, 0.29) is 17.9 Å². The van der Waals surface area contributed by atoms with E-state index in [9.17, 15) is 9.59 Å². The first kappa shape index (κ1) is 19.3. The van der Waals surface area contributed by atoms with E-state index in [4.69, 9.17) is 9.47 Å². The van der Waals surface area contributed by atoms with Crippen LogP contribution in [-0.4, -0.2) is 35.4 Å². The summed E-state index contributed by atoms with van der Waals surface area (Å²) >= 11 is 1.50. The molecule has 7 nitrogen and oxygen atoms in total. The van der Waals surface area contributed by atoms with E-state index in [0.29, 0.717) is 28.0 Å². The molecule has 0 fully saturated rings. The molecule has 2 heterocycles. The Morgan fingerprint density at radius 1 is 1.30 bits per heavy atom. The molecule has 1 unspecified atom stereocenters. The number of methoxy groups -OCH3 is 2. The van der Waals surface area contributed by atoms with Crippen LogP contribution in [0.2, 0.25) is 0 Å². The second-order valence-electron chi connectivity index (χ2n) is 6.28. The summed E-state index contributed by atoms with van der Waals surface area (Å²) in [6, 6.07) is 5.38. The molecule has 1 atom stereocenters. The molecule has 3 rings (SSSR count). The molecule has 0 aliphatic carbocycles. The van der Waals surface area contributed by atoms with Gasteiger partial charge in [0.15, 0.2) is 5.16 Å². The molecule has 1 aromatic heterocycles. The van der Waals surface area contributed by atoms with E-state index in [0.717, 1.165) is 17.7 Å². The van der Waals surface area contributed by atoms with Crippen LogP contribution in [0.1, 0.15) is 36.8 Å². The number of anilines is 1. The predicted octanol–water partition coefficient (Wildman–Crippen LogP) is 2.77. The highest BCUT2D eigenvalue weighted by Gasteiger charge is 2.34. The van der Waals surface area contributed by atoms with Gasteiger partial charge in [0, 0.05) is 30.7 Å². The van der Waals surface area contributed by atoms with Crippen molar-refractivity contribution in [2.45, 2.75) is 30.8 Å². The molecule has 8 heteroatoms. The van der Waals surface area contributed by atoms with Crippen LogP contribution in [0.15, 0.2) is 28.2 Å². The zero-order valence-electron chi connectivity index (χ0n) is 15.9. The summed E-state index contributed by atoms with van der Waals surface area (Å²) in [5.41, 5.74) is 0.891. The number of hydrogen-bond donors (Lipinski definition) is 1. The Hall–Kier alpha value is -2.48. The highest BCUT2D eigenvalue weighted by molar-refractivity contribution is 7.99. The lowest BCUT2D eigenvalue weighted by molar-refractivity contribution is -0.116. The summed E-state index contributed by atoms with van der Waals surface area (Å²) in [6.45, 7) is 2.07. The molecule has 1 aliphatic heterocycles. The summed E-state index contributed by atoms with van der Waals surface area (Å²) in [6.07, 6.45) is 1.11. The lowest BCUT2D eigenvalue weighted by atomic mass is 9.86. The van der Waals surface area contributed by atoms with Gasteiger partial charge in [-0.1, -0.05) is 18.7 Å². The summed E-state index contributed by atoms with van der Waals surface area (Å²) in [7, 11) is 4.95. The van der Waals surface area contributed by atoms with Gasteiger partial charge in [0.25, 0.3) is 5.56 Å². The van der Waals surface area contributed by atoms with E-state index in [1.165, 1.54) is 11.8 Å². The van der Waals surface area contributed by atoms with Gasteiger partial charge in [0.2, 0.25) is 5.91 Å². The average Bonchev–Trinajstić information content (AvgIpc) is 2.68. The van der Waals surface area contributed by atoms with Gasteiger partial charge >= 0.3 is 0 Å². The van der Waals surface area contributed by atoms with Gasteiger partial charge in [0.1, 0.15) is 17.3 Å². The number of hydrogen-bond acceptors (Lipinski definition) is 6. The summed E-state index contributed by atoms with van der Waals surface area (Å²) in [5, 5.41) is 3.45. The van der Waals surface area contributed by atoms with Crippen molar-refractivity contribution in [1.82, 2.24) is 9.55 Å². The van der Waals surface area contributed by atoms with Gasteiger partial charge in [-0.3, -0.25) is 9.59 Å². The first-order chi connectivity index (χ1) is 13.0. The zero-order valence-corrected chi connectivity index (χ0v) is 16.7. The van der Waals surface area contributed by atoms with Gasteiger partial charge < -0.3 is 19.4 Å². The maximum Gasteiger partial charge on any atom is 0.279 e. The fourth-order valence-electron chi connectivity index (χ4n) is 3.24. The van der Waals surface area contributed by atoms with Crippen molar-refractivity contribution in [2.24, 2.45) is 7.05 Å². The number of fused-ring (bicyclic) bond motifs is 1. The van der Waals surface area contributed by atoms with Crippen molar-refractivity contribution < 1.29 is 14.3 Å². The van der Waals surface area contributed by atoms with Crippen molar-refractivity contribution in [2.75, 3.05) is 25.3 Å². The summed E-state index contributed by atoms with van der Waals surface area (Å²) in [4.78, 5) is 29.6. The van der Waals surface area contributed by atoms with Crippen LogP contribution >= 0.6 is 11.8 Å². The third kappa shape index (κ3) is 3.66. The average molecular weight is 389 g/mol. The molecule has 0 radical (unpaired) electrons. The van der Waals surface area contributed by atoms with Gasteiger partial charge in [-0.15, -0.1) is 0 Å². The Morgan fingerprint density at radius 3 is 2.74 bits per heavy atom. The molecule has 144 valence electrons. The highest BCUT2D eigenvalue weighted by atomic mass is 32.2. The van der Waals surface area contributed by atoms with Crippen molar-refractivity contribution in [3.63, 3.8) is 0 Å². The first-order valence-corrected chi connectivity index (χ1v) is 9.74. The quantitative estimate of drug-likeness (QED) is 0.604. The van der Waals surface area contributed by atoms with Gasteiger partial charge in [-0.2, -0.15) is 4.98 Å². The lowest BCUT2D eigenvalue weighted by Gasteiger charge is -2.28. The molecule has 27 heavy (non-hydrogen) atoms. The largest absolute Gasteiger partial charge is 0.497 e. The molecule has 0 bridgehead atoms. The Morgan fingerprint density at radius 2 is 2.07 bits per heavy atom. The van der Waals surface area contributed by atoms with Crippen LogP contribution in [0.5, 0.6) is 11.5 Å². The standard InChI is InChI=1S/C19H23N3O4S/c1-5-8-27-19-21-18(24)16-13(10-15(23)20-17(16)22(19)2)12-9-11(25-3)6-7-14(12)26-4/h6-7,9,13H,5,8,10H2,1-4H3,(H,20,23). The van der Waals surface area contributed by atoms with Crippen molar-refractivity contribution >= 4 is 23.5 Å². The van der Waals surface area contributed by atoms with Crippen LogP contribution in [0, 0.1) is 0 Å². The van der Waals surface area contributed by atoms with E-state index in [1.54, 1.807) is 30.9 Å². The van der Waals surface area contributed by atoms with Crippen LogP contribution in [0.4, 0.5) is 5.82 Å². The maximum atomic E-state index is 12.9. The van der Waals surface area contributed by atoms with Gasteiger partial charge in [-0.25, -0.2) is 0 Å². The van der Waals surface area contributed by atoms with Gasteiger partial charge in [0.05, 0.1) is 19.8 Å². The molecular weight excluding hydrogens is 366 g/mol. The van der Waals surface area contributed by atoms with Crippen LogP contribution in [0.3, 0.4) is 0 Å². The Bertz CT molecular complexity index is 926. The molecule has 0 saturated heterocycles. The minimum absolute atomic E-state index is 0.148. The van der Waals surface area contributed by atoms with Crippen molar-refractivity contribution in [1.29, 1.82) is 0 Å². The number of thioether (sulfide) groups is 1. The molecule has 1 aliphatic rings. The molecule has 2 aromatic rings. The number of nitrogens with one attached hydrogen (secondary N) is 1. The molecule has 0 spiro atoms. The number of amides is 1. The Kier molecular flexibility index (Phi) is 5.74. The fraction of sp³-hybridized carbons (Fsp3) is 0.421. The lowest BCUT2D eigenvalue weighted by Crippen LogP contribution is -2.33. The number of carbonyl (C=O) groups excluding carboxylic acids is 1. The minimum atomic E-state index is -0.449. The van der Waals surface area contributed by atoms with E-state index >= 15 is 0 Å². The smallest absolute Gasteiger partial charge is 0.279 e. The predicted molar refractivity (Wildman–Crippen MR) is 105 cm³/mol. The normalized spacial score (nSPS) is 15.9. The van der Waals surface area contributed by atoms with Crippen LogP contribution in [-0.2, 0) is 11.8 Å². The fourth-order valence-corrected chi connectivity index (χ4v) is 4.05. The monoisotopic (exact) mass is 389 g/mol. The zero-order chi connectivity index (χ0) is 19.6. The number of aromatic nitrogens is 2. The van der Waals surface area contributed by atoms with Crippen LogP contribution < -0.4 is 20.3 Å². The minimum Gasteiger partial charge on any atom is -0.497 e. The number of benzene rings is 1. The molecule has 1 amide bonds. The second kappa shape index (κ2) is 8.04. The highest BCUT2D eigenvalue weighted by Crippen LogP contribution is 2.40. The second-order valence-corrected chi connectivity index (χ2v) is 7.34. The number of ether oxygens (including phenoxy) is 2. The summed E-state index contributed by atoms with van der Waals surface area (Å²) < 4.78 is 12.6. The Balaban J connectivity index is 2.19. The molecule has 0 saturated carbocycles. The Labute approximate surface area is 162 Å². The third-order valence-corrected chi connectivity index (χ3v) is 5.78. The topological polar surface area (TPSA) is 82.5 Å². The number of rotatable bonds is 6.